The van der Waals surface area contributed by atoms with E-state index >= 15 is 0 Å². The van der Waals surface area contributed by atoms with Crippen LogP contribution in [0.25, 0.3) is 0 Å². The van der Waals surface area contributed by atoms with Gasteiger partial charge >= 0.3 is 0 Å². The molecule has 0 saturated heterocycles. The molecule has 1 aromatic carbocycles. The normalized spacial score (nSPS) is 12.0. The van der Waals surface area contributed by atoms with Crippen molar-refractivity contribution in [3.63, 3.8) is 0 Å². The fourth-order valence-electron chi connectivity index (χ4n) is 1.81. The summed E-state index contributed by atoms with van der Waals surface area (Å²) in [5.41, 5.74) is 1.53. The number of nitrogens with one attached hydrogen (secondary N) is 2. The van der Waals surface area contributed by atoms with Crippen molar-refractivity contribution in [3.8, 4) is 0 Å². The van der Waals surface area contributed by atoms with Crippen LogP contribution in [0.15, 0.2) is 22.5 Å². The number of carbonyl (C=O) groups excluding carboxylic acids is 1. The molecule has 2 aromatic rings. The Morgan fingerprint density at radius 2 is 1.71 bits per heavy atom. The highest BCUT2D eigenvalue weighted by molar-refractivity contribution is 7.94. The second kappa shape index (κ2) is 6.48. The molecule has 0 unspecified atom stereocenters. The van der Waals surface area contributed by atoms with E-state index in [0.29, 0.717) is 5.69 Å². The molecule has 1 heterocycles. The number of para-hydroxylation sites is 1. The first-order valence-electron chi connectivity index (χ1n) is 7.25. The molecule has 130 valence electrons. The quantitative estimate of drug-likeness (QED) is 0.808. The van der Waals surface area contributed by atoms with Gasteiger partial charge in [-0.3, -0.25) is 9.52 Å². The summed E-state index contributed by atoms with van der Waals surface area (Å²) in [5.74, 6) is -0.259. The fraction of sp³-hybridized carbons (Fsp3) is 0.400. The van der Waals surface area contributed by atoms with Crippen molar-refractivity contribution in [2.24, 2.45) is 5.41 Å². The van der Waals surface area contributed by atoms with Crippen LogP contribution in [-0.4, -0.2) is 24.5 Å². The molecule has 0 aliphatic rings. The number of benzene rings is 1. The van der Waals surface area contributed by atoms with Crippen LogP contribution < -0.4 is 10.0 Å². The minimum atomic E-state index is -3.87. The van der Waals surface area contributed by atoms with Gasteiger partial charge in [-0.2, -0.15) is 8.42 Å². The Morgan fingerprint density at radius 3 is 2.25 bits per heavy atom. The number of sulfonamides is 1. The van der Waals surface area contributed by atoms with Gasteiger partial charge in [0.1, 0.15) is 0 Å². The second-order valence-electron chi connectivity index (χ2n) is 6.45. The average molecular weight is 368 g/mol. The lowest BCUT2D eigenvalue weighted by molar-refractivity contribution is -0.123. The smallest absolute Gasteiger partial charge is 0.291 e. The van der Waals surface area contributed by atoms with Crippen molar-refractivity contribution < 1.29 is 13.2 Å². The molecule has 1 amide bonds. The number of aromatic nitrogens is 2. The van der Waals surface area contributed by atoms with Crippen LogP contribution in [0.1, 0.15) is 31.9 Å². The van der Waals surface area contributed by atoms with Crippen molar-refractivity contribution in [2.45, 2.75) is 39.0 Å². The van der Waals surface area contributed by atoms with Gasteiger partial charge in [0.05, 0.1) is 5.69 Å². The zero-order valence-corrected chi connectivity index (χ0v) is 15.8. The van der Waals surface area contributed by atoms with E-state index in [9.17, 15) is 13.2 Å². The van der Waals surface area contributed by atoms with Crippen LogP contribution in [0, 0.1) is 19.3 Å². The van der Waals surface area contributed by atoms with Gasteiger partial charge in [-0.05, 0) is 25.0 Å². The van der Waals surface area contributed by atoms with E-state index in [1.54, 1.807) is 20.8 Å². The molecular formula is C15H20N4O3S2. The fourth-order valence-corrected chi connectivity index (χ4v) is 3.91. The topological polar surface area (TPSA) is 101 Å². The van der Waals surface area contributed by atoms with E-state index in [2.05, 4.69) is 20.2 Å². The molecule has 7 nitrogen and oxygen atoms in total. The Kier molecular flexibility index (Phi) is 4.95. The van der Waals surface area contributed by atoms with E-state index in [1.165, 1.54) is 0 Å². The van der Waals surface area contributed by atoms with Crippen LogP contribution >= 0.6 is 11.3 Å². The number of carbonyl (C=O) groups is 1. The van der Waals surface area contributed by atoms with Crippen LogP contribution in [-0.2, 0) is 14.8 Å². The zero-order valence-electron chi connectivity index (χ0n) is 14.2. The van der Waals surface area contributed by atoms with Gasteiger partial charge in [-0.1, -0.05) is 50.3 Å². The standard InChI is InChI=1S/C15H20N4O3S2/c1-9-7-6-8-10(2)11(9)19-24(21,22)14-18-17-13(23-14)16-12(20)15(3,4)5/h6-8,19H,1-5H3,(H,16,17,20). The molecule has 2 N–H and O–H groups in total. The Bertz CT molecular complexity index is 847. The van der Waals surface area contributed by atoms with Gasteiger partial charge in [0.15, 0.2) is 0 Å². The molecule has 9 heteroatoms. The number of anilines is 2. The number of nitrogens with zero attached hydrogens (tertiary/aromatic N) is 2. The number of aryl methyl sites for hydroxylation is 2. The summed E-state index contributed by atoms with van der Waals surface area (Å²) in [5, 5.41) is 10.1. The first-order valence-corrected chi connectivity index (χ1v) is 9.54. The molecule has 0 saturated carbocycles. The van der Waals surface area contributed by atoms with E-state index < -0.39 is 15.4 Å². The second-order valence-corrected chi connectivity index (χ2v) is 9.28. The summed E-state index contributed by atoms with van der Waals surface area (Å²) in [7, 11) is -3.87. The molecule has 0 radical (unpaired) electrons. The predicted molar refractivity (Wildman–Crippen MR) is 94.7 cm³/mol. The summed E-state index contributed by atoms with van der Waals surface area (Å²) in [4.78, 5) is 11.9. The Hall–Kier alpha value is -2.00. The highest BCUT2D eigenvalue weighted by Crippen LogP contribution is 2.27. The molecule has 0 aliphatic heterocycles. The Morgan fingerprint density at radius 1 is 1.12 bits per heavy atom. The van der Waals surface area contributed by atoms with Crippen molar-refractivity contribution in [2.75, 3.05) is 10.0 Å². The number of hydrogen-bond donors (Lipinski definition) is 2. The summed E-state index contributed by atoms with van der Waals surface area (Å²) in [6.07, 6.45) is 0. The van der Waals surface area contributed by atoms with E-state index in [-0.39, 0.29) is 15.4 Å². The summed E-state index contributed by atoms with van der Waals surface area (Å²) >= 11 is 0.811. The van der Waals surface area contributed by atoms with E-state index in [0.717, 1.165) is 22.5 Å². The van der Waals surface area contributed by atoms with E-state index in [4.69, 9.17) is 0 Å². The monoisotopic (exact) mass is 368 g/mol. The van der Waals surface area contributed by atoms with Crippen LogP contribution in [0.5, 0.6) is 0 Å². The van der Waals surface area contributed by atoms with Gasteiger partial charge in [0.2, 0.25) is 11.0 Å². The third kappa shape index (κ3) is 4.09. The van der Waals surface area contributed by atoms with Crippen molar-refractivity contribution >= 4 is 38.1 Å². The third-order valence-corrected chi connectivity index (χ3v) is 5.81. The first kappa shape index (κ1) is 18.3. The third-order valence-electron chi connectivity index (χ3n) is 3.26. The number of rotatable bonds is 4. The summed E-state index contributed by atoms with van der Waals surface area (Å²) in [6.45, 7) is 8.90. The van der Waals surface area contributed by atoms with E-state index in [1.807, 2.05) is 32.0 Å². The minimum Gasteiger partial charge on any atom is -0.300 e. The number of hydrogen-bond acceptors (Lipinski definition) is 6. The number of amides is 1. The predicted octanol–water partition coefficient (Wildman–Crippen LogP) is 2.94. The summed E-state index contributed by atoms with van der Waals surface area (Å²) in [6, 6.07) is 5.49. The maximum absolute atomic E-state index is 12.5. The van der Waals surface area contributed by atoms with Gasteiger partial charge in [-0.15, -0.1) is 10.2 Å². The maximum atomic E-state index is 12.5. The Balaban J connectivity index is 2.24. The maximum Gasteiger partial charge on any atom is 0.291 e. The molecule has 24 heavy (non-hydrogen) atoms. The molecule has 0 fully saturated rings. The molecule has 0 atom stereocenters. The summed E-state index contributed by atoms with van der Waals surface area (Å²) < 4.78 is 27.3. The molecule has 2 rings (SSSR count). The van der Waals surface area contributed by atoms with Crippen LogP contribution in [0.3, 0.4) is 0 Å². The molecule has 1 aromatic heterocycles. The lowest BCUT2D eigenvalue weighted by Gasteiger charge is -2.15. The lowest BCUT2D eigenvalue weighted by atomic mass is 9.96. The van der Waals surface area contributed by atoms with Gasteiger partial charge in [0, 0.05) is 5.41 Å². The van der Waals surface area contributed by atoms with Crippen molar-refractivity contribution in [3.05, 3.63) is 29.3 Å². The average Bonchev–Trinajstić information content (AvgIpc) is 2.91. The zero-order chi connectivity index (χ0) is 18.1. The molecule has 0 spiro atoms. The van der Waals surface area contributed by atoms with Gasteiger partial charge in [-0.25, -0.2) is 0 Å². The van der Waals surface area contributed by atoms with Crippen LogP contribution in [0.2, 0.25) is 0 Å². The lowest BCUT2D eigenvalue weighted by Crippen LogP contribution is -2.27. The largest absolute Gasteiger partial charge is 0.300 e. The first-order chi connectivity index (χ1) is 11.0. The Labute approximate surface area is 145 Å². The SMILES string of the molecule is Cc1cccc(C)c1NS(=O)(=O)c1nnc(NC(=O)C(C)(C)C)s1. The van der Waals surface area contributed by atoms with Gasteiger partial charge in [0.25, 0.3) is 14.4 Å². The highest BCUT2D eigenvalue weighted by Gasteiger charge is 2.25. The van der Waals surface area contributed by atoms with Crippen LogP contribution in [0.4, 0.5) is 10.8 Å². The highest BCUT2D eigenvalue weighted by atomic mass is 32.2. The molecule has 0 bridgehead atoms. The van der Waals surface area contributed by atoms with Crippen molar-refractivity contribution in [1.29, 1.82) is 0 Å². The van der Waals surface area contributed by atoms with Crippen molar-refractivity contribution in [1.82, 2.24) is 10.2 Å². The van der Waals surface area contributed by atoms with Gasteiger partial charge < -0.3 is 5.32 Å². The molecule has 0 aliphatic carbocycles. The minimum absolute atomic E-state index is 0.150. The molecular weight excluding hydrogens is 348 g/mol.